The second kappa shape index (κ2) is 10.6. The van der Waals surface area contributed by atoms with Gasteiger partial charge < -0.3 is 14.7 Å². The largest absolute Gasteiger partial charge is 0.497 e. The van der Waals surface area contributed by atoms with E-state index in [4.69, 9.17) is 4.74 Å². The minimum Gasteiger partial charge on any atom is -0.497 e. The van der Waals surface area contributed by atoms with Crippen molar-refractivity contribution in [2.24, 2.45) is 0 Å². The lowest BCUT2D eigenvalue weighted by Crippen LogP contribution is -2.68. The van der Waals surface area contributed by atoms with Gasteiger partial charge in [0.1, 0.15) is 5.75 Å². The summed E-state index contributed by atoms with van der Waals surface area (Å²) in [5, 5.41) is 10.2. The first kappa shape index (κ1) is 23.5. The summed E-state index contributed by atoms with van der Waals surface area (Å²) in [6, 6.07) is 20.9. The Balaban J connectivity index is 1.35. The zero-order chi connectivity index (χ0) is 24.2. The van der Waals surface area contributed by atoms with Crippen molar-refractivity contribution in [3.8, 4) is 16.9 Å². The Morgan fingerprint density at radius 2 is 1.80 bits per heavy atom. The maximum absolute atomic E-state index is 13.2. The predicted octanol–water partition coefficient (Wildman–Crippen LogP) is 3.75. The van der Waals surface area contributed by atoms with E-state index in [0.29, 0.717) is 13.0 Å². The number of methoxy groups -OCH3 is 1. The average molecular weight is 472 g/mol. The standard InChI is InChI=1S/C29H33N3O3/c1-35-25-6-4-5-24(18-25)22-7-9-23(10-8-22)29-26-19-31(15-2-3-16-32(26)27(29)20-33)28(34)17-21-11-13-30-14-12-21/h4-14,18,26-27,29,33H,2-3,15-17,19-20H2,1H3/t26-,27-,29+/m1/s1. The highest BCUT2D eigenvalue weighted by Crippen LogP contribution is 2.42. The van der Waals surface area contributed by atoms with Gasteiger partial charge in [-0.25, -0.2) is 0 Å². The van der Waals surface area contributed by atoms with Crippen molar-refractivity contribution < 1.29 is 14.6 Å². The lowest BCUT2D eigenvalue weighted by Gasteiger charge is -2.57. The molecule has 6 nitrogen and oxygen atoms in total. The summed E-state index contributed by atoms with van der Waals surface area (Å²) in [6.45, 7) is 2.59. The molecule has 2 aliphatic rings. The molecule has 2 aromatic carbocycles. The molecule has 3 heterocycles. The molecule has 3 aromatic rings. The highest BCUT2D eigenvalue weighted by atomic mass is 16.5. The van der Waals surface area contributed by atoms with Crippen LogP contribution in [0.25, 0.3) is 11.1 Å². The molecule has 1 N–H and O–H groups in total. The van der Waals surface area contributed by atoms with Crippen LogP contribution < -0.4 is 4.74 Å². The van der Waals surface area contributed by atoms with Gasteiger partial charge >= 0.3 is 0 Å². The van der Waals surface area contributed by atoms with Crippen molar-refractivity contribution in [1.82, 2.24) is 14.8 Å². The van der Waals surface area contributed by atoms with Gasteiger partial charge in [-0.2, -0.15) is 0 Å². The number of aromatic nitrogens is 1. The first-order chi connectivity index (χ1) is 17.2. The Kier molecular flexibility index (Phi) is 7.11. The summed E-state index contributed by atoms with van der Waals surface area (Å²) in [5.74, 6) is 1.21. The molecule has 5 rings (SSSR count). The van der Waals surface area contributed by atoms with Crippen molar-refractivity contribution in [2.75, 3.05) is 33.4 Å². The Labute approximate surface area is 207 Å². The molecule has 0 spiro atoms. The number of carbonyl (C=O) groups is 1. The number of carbonyl (C=O) groups excluding carboxylic acids is 1. The van der Waals surface area contributed by atoms with E-state index in [-0.39, 0.29) is 30.5 Å². The Bertz CT molecular complexity index is 1140. The average Bonchev–Trinajstić information content (AvgIpc) is 2.88. The molecular weight excluding hydrogens is 438 g/mol. The van der Waals surface area contributed by atoms with Crippen molar-refractivity contribution >= 4 is 5.91 Å². The number of aliphatic hydroxyl groups excluding tert-OH is 1. The van der Waals surface area contributed by atoms with Gasteiger partial charge in [-0.3, -0.25) is 14.7 Å². The predicted molar refractivity (Wildman–Crippen MR) is 136 cm³/mol. The summed E-state index contributed by atoms with van der Waals surface area (Å²) < 4.78 is 5.37. The van der Waals surface area contributed by atoms with E-state index >= 15 is 0 Å². The number of rotatable bonds is 6. The van der Waals surface area contributed by atoms with Crippen LogP contribution in [0, 0.1) is 0 Å². The van der Waals surface area contributed by atoms with Gasteiger partial charge in [0.2, 0.25) is 5.91 Å². The minimum absolute atomic E-state index is 0.0953. The van der Waals surface area contributed by atoms with Crippen LogP contribution in [-0.4, -0.2) is 71.2 Å². The Hall–Kier alpha value is -3.22. The van der Waals surface area contributed by atoms with E-state index < -0.39 is 0 Å². The van der Waals surface area contributed by atoms with Crippen molar-refractivity contribution in [2.45, 2.75) is 37.3 Å². The molecule has 2 saturated heterocycles. The zero-order valence-corrected chi connectivity index (χ0v) is 20.2. The molecule has 1 aromatic heterocycles. The third-order valence-corrected chi connectivity index (χ3v) is 7.53. The van der Waals surface area contributed by atoms with Crippen LogP contribution in [-0.2, 0) is 11.2 Å². The van der Waals surface area contributed by atoms with E-state index in [1.165, 1.54) is 5.56 Å². The van der Waals surface area contributed by atoms with E-state index in [1.54, 1.807) is 19.5 Å². The number of nitrogens with zero attached hydrogens (tertiary/aromatic N) is 3. The molecule has 2 fully saturated rings. The highest BCUT2D eigenvalue weighted by molar-refractivity contribution is 5.78. The SMILES string of the molecule is COc1cccc(-c2ccc([C@@H]3[C@@H](CO)N4CCCCN(C(=O)Cc5ccncc5)C[C@H]34)cc2)c1. The van der Waals surface area contributed by atoms with E-state index in [0.717, 1.165) is 48.4 Å². The monoisotopic (exact) mass is 471 g/mol. The smallest absolute Gasteiger partial charge is 0.227 e. The molecule has 0 bridgehead atoms. The van der Waals surface area contributed by atoms with Crippen molar-refractivity contribution in [1.29, 1.82) is 0 Å². The van der Waals surface area contributed by atoms with E-state index in [2.05, 4.69) is 40.2 Å². The first-order valence-electron chi connectivity index (χ1n) is 12.5. The molecule has 1 amide bonds. The highest BCUT2D eigenvalue weighted by Gasteiger charge is 2.49. The van der Waals surface area contributed by atoms with Gasteiger partial charge in [0.25, 0.3) is 0 Å². The molecule has 6 heteroatoms. The van der Waals surface area contributed by atoms with Crippen LogP contribution >= 0.6 is 0 Å². The fourth-order valence-corrected chi connectivity index (χ4v) is 5.65. The summed E-state index contributed by atoms with van der Waals surface area (Å²) in [5.41, 5.74) is 4.47. The summed E-state index contributed by atoms with van der Waals surface area (Å²) in [6.07, 6.45) is 5.90. The molecule has 182 valence electrons. The second-order valence-corrected chi connectivity index (χ2v) is 9.51. The van der Waals surface area contributed by atoms with Crippen LogP contribution in [0.4, 0.5) is 0 Å². The van der Waals surface area contributed by atoms with Gasteiger partial charge in [-0.15, -0.1) is 0 Å². The molecule has 0 unspecified atom stereocenters. The van der Waals surface area contributed by atoms with E-state index in [9.17, 15) is 9.90 Å². The lowest BCUT2D eigenvalue weighted by molar-refractivity contribution is -0.135. The van der Waals surface area contributed by atoms with Crippen LogP contribution in [0.2, 0.25) is 0 Å². The second-order valence-electron chi connectivity index (χ2n) is 9.51. The lowest BCUT2D eigenvalue weighted by atomic mass is 9.74. The minimum atomic E-state index is 0.0953. The fraction of sp³-hybridized carbons (Fsp3) is 0.379. The Morgan fingerprint density at radius 3 is 2.54 bits per heavy atom. The molecule has 0 aliphatic carbocycles. The molecule has 0 saturated carbocycles. The van der Waals surface area contributed by atoms with Crippen molar-refractivity contribution in [3.05, 3.63) is 84.2 Å². The number of hydrogen-bond acceptors (Lipinski definition) is 5. The maximum Gasteiger partial charge on any atom is 0.227 e. The molecule has 35 heavy (non-hydrogen) atoms. The third-order valence-electron chi connectivity index (χ3n) is 7.53. The number of pyridine rings is 1. The van der Waals surface area contributed by atoms with Gasteiger partial charge in [0.15, 0.2) is 0 Å². The molecule has 0 radical (unpaired) electrons. The van der Waals surface area contributed by atoms with Gasteiger partial charge in [0.05, 0.1) is 20.1 Å². The number of ether oxygens (including phenoxy) is 1. The number of amides is 1. The van der Waals surface area contributed by atoms with Crippen LogP contribution in [0.3, 0.4) is 0 Å². The number of benzene rings is 2. The summed E-state index contributed by atoms with van der Waals surface area (Å²) in [4.78, 5) is 21.7. The van der Waals surface area contributed by atoms with Gasteiger partial charge in [-0.1, -0.05) is 36.4 Å². The van der Waals surface area contributed by atoms with Crippen LogP contribution in [0.5, 0.6) is 5.75 Å². The first-order valence-corrected chi connectivity index (χ1v) is 12.5. The van der Waals surface area contributed by atoms with E-state index in [1.807, 2.05) is 35.2 Å². The third kappa shape index (κ3) is 4.95. The van der Waals surface area contributed by atoms with Crippen LogP contribution in [0.15, 0.2) is 73.1 Å². The summed E-state index contributed by atoms with van der Waals surface area (Å²) in [7, 11) is 1.68. The summed E-state index contributed by atoms with van der Waals surface area (Å²) >= 11 is 0. The van der Waals surface area contributed by atoms with Crippen molar-refractivity contribution in [3.63, 3.8) is 0 Å². The normalized spacial score (nSPS) is 22.5. The number of fused-ring (bicyclic) bond motifs is 1. The molecular formula is C29H33N3O3. The van der Waals surface area contributed by atoms with Crippen LogP contribution in [0.1, 0.15) is 29.9 Å². The zero-order valence-electron chi connectivity index (χ0n) is 20.2. The number of hydrogen-bond donors (Lipinski definition) is 1. The molecule has 2 aliphatic heterocycles. The maximum atomic E-state index is 13.2. The quantitative estimate of drug-likeness (QED) is 0.593. The van der Waals surface area contributed by atoms with Gasteiger partial charge in [-0.05, 0) is 65.9 Å². The Morgan fingerprint density at radius 1 is 1.03 bits per heavy atom. The number of aliphatic hydroxyl groups is 1. The fourth-order valence-electron chi connectivity index (χ4n) is 5.65. The van der Waals surface area contributed by atoms with Gasteiger partial charge in [0, 0.05) is 43.5 Å². The molecule has 3 atom stereocenters. The topological polar surface area (TPSA) is 65.9 Å².